The highest BCUT2D eigenvalue weighted by Gasteiger charge is 2.19. The van der Waals surface area contributed by atoms with Crippen LogP contribution in [0.2, 0.25) is 0 Å². The van der Waals surface area contributed by atoms with Crippen LogP contribution in [0, 0.1) is 5.92 Å². The Morgan fingerprint density at radius 3 is 2.55 bits per heavy atom. The second-order valence-corrected chi connectivity index (χ2v) is 6.12. The summed E-state index contributed by atoms with van der Waals surface area (Å²) in [6.45, 7) is 6.38. The average Bonchev–Trinajstić information content (AvgIpc) is 2.39. The van der Waals surface area contributed by atoms with Crippen LogP contribution in [0.5, 0.6) is 5.75 Å². The summed E-state index contributed by atoms with van der Waals surface area (Å²) in [4.78, 5) is 12.1. The van der Waals surface area contributed by atoms with Crippen LogP contribution in [0.15, 0.2) is 28.7 Å². The van der Waals surface area contributed by atoms with Crippen LogP contribution in [0.3, 0.4) is 0 Å². The maximum Gasteiger partial charge on any atom is 0.261 e. The van der Waals surface area contributed by atoms with E-state index in [4.69, 9.17) is 10.5 Å². The third kappa shape index (κ3) is 5.51. The third-order valence-corrected chi connectivity index (χ3v) is 3.55. The summed E-state index contributed by atoms with van der Waals surface area (Å²) in [7, 11) is 0. The lowest BCUT2D eigenvalue weighted by Gasteiger charge is -2.22. The molecule has 112 valence electrons. The predicted molar refractivity (Wildman–Crippen MR) is 84.7 cm³/mol. The minimum absolute atomic E-state index is 0.00670. The standard InChI is InChI=1S/C15H23BrN2O2/c1-10(2)8-12(9-17)18-15(19)11(3)20-14-7-5-4-6-13(14)16/h4-7,10-12H,8-9,17H2,1-3H3,(H,18,19). The van der Waals surface area contributed by atoms with Crippen LogP contribution >= 0.6 is 15.9 Å². The van der Waals surface area contributed by atoms with Gasteiger partial charge in [-0.15, -0.1) is 0 Å². The van der Waals surface area contributed by atoms with Crippen LogP contribution in [-0.4, -0.2) is 24.6 Å². The summed E-state index contributed by atoms with van der Waals surface area (Å²) in [5, 5.41) is 2.93. The molecule has 1 aromatic carbocycles. The van der Waals surface area contributed by atoms with Crippen LogP contribution in [-0.2, 0) is 4.79 Å². The van der Waals surface area contributed by atoms with Gasteiger partial charge < -0.3 is 15.8 Å². The minimum atomic E-state index is -0.560. The number of rotatable bonds is 7. The molecule has 3 N–H and O–H groups in total. The molecule has 20 heavy (non-hydrogen) atoms. The van der Waals surface area contributed by atoms with Crippen LogP contribution in [0.1, 0.15) is 27.2 Å². The number of carbonyl (C=O) groups excluding carboxylic acids is 1. The molecule has 0 spiro atoms. The molecular weight excluding hydrogens is 320 g/mol. The molecule has 2 unspecified atom stereocenters. The number of amides is 1. The molecule has 0 aliphatic heterocycles. The maximum absolute atomic E-state index is 12.1. The molecule has 0 fully saturated rings. The Bertz CT molecular complexity index is 438. The van der Waals surface area contributed by atoms with Crippen molar-refractivity contribution in [2.45, 2.75) is 39.3 Å². The van der Waals surface area contributed by atoms with Gasteiger partial charge in [-0.1, -0.05) is 26.0 Å². The van der Waals surface area contributed by atoms with E-state index in [1.165, 1.54) is 0 Å². The van der Waals surface area contributed by atoms with Gasteiger partial charge in [0.2, 0.25) is 0 Å². The van der Waals surface area contributed by atoms with Gasteiger partial charge in [0.1, 0.15) is 5.75 Å². The second kappa shape index (κ2) is 8.27. The number of ether oxygens (including phenoxy) is 1. The van der Waals surface area contributed by atoms with Gasteiger partial charge >= 0.3 is 0 Å². The summed E-state index contributed by atoms with van der Waals surface area (Å²) in [5.41, 5.74) is 5.68. The molecule has 0 bridgehead atoms. The Morgan fingerprint density at radius 2 is 2.00 bits per heavy atom. The van der Waals surface area contributed by atoms with E-state index < -0.39 is 6.10 Å². The monoisotopic (exact) mass is 342 g/mol. The number of carbonyl (C=O) groups is 1. The summed E-state index contributed by atoms with van der Waals surface area (Å²) in [6, 6.07) is 7.46. The Labute approximate surface area is 129 Å². The number of benzene rings is 1. The van der Waals surface area contributed by atoms with Crippen molar-refractivity contribution in [1.82, 2.24) is 5.32 Å². The van der Waals surface area contributed by atoms with Crippen LogP contribution in [0.4, 0.5) is 0 Å². The first-order valence-corrected chi connectivity index (χ1v) is 7.65. The Morgan fingerprint density at radius 1 is 1.35 bits per heavy atom. The molecular formula is C15H23BrN2O2. The van der Waals surface area contributed by atoms with Gasteiger partial charge in [0.25, 0.3) is 5.91 Å². The van der Waals surface area contributed by atoms with Crippen molar-refractivity contribution in [2.24, 2.45) is 11.7 Å². The first kappa shape index (κ1) is 17.0. The van der Waals surface area contributed by atoms with Crippen molar-refractivity contribution in [3.05, 3.63) is 28.7 Å². The van der Waals surface area contributed by atoms with Gasteiger partial charge in [-0.05, 0) is 47.3 Å². The lowest BCUT2D eigenvalue weighted by Crippen LogP contribution is -2.46. The molecule has 1 rings (SSSR count). The summed E-state index contributed by atoms with van der Waals surface area (Å²) >= 11 is 3.39. The fourth-order valence-corrected chi connectivity index (χ4v) is 2.26. The van der Waals surface area contributed by atoms with E-state index in [1.54, 1.807) is 6.92 Å². The fraction of sp³-hybridized carbons (Fsp3) is 0.533. The molecule has 0 aliphatic rings. The molecule has 0 heterocycles. The van der Waals surface area contributed by atoms with Crippen LogP contribution in [0.25, 0.3) is 0 Å². The molecule has 0 radical (unpaired) electrons. The minimum Gasteiger partial charge on any atom is -0.480 e. The summed E-state index contributed by atoms with van der Waals surface area (Å²) < 4.78 is 6.49. The number of halogens is 1. The molecule has 0 aromatic heterocycles. The van der Waals surface area contributed by atoms with E-state index >= 15 is 0 Å². The number of para-hydroxylation sites is 1. The van der Waals surface area contributed by atoms with Gasteiger partial charge in [0.05, 0.1) is 4.47 Å². The number of nitrogens with two attached hydrogens (primary N) is 1. The third-order valence-electron chi connectivity index (χ3n) is 2.90. The Hall–Kier alpha value is -1.07. The Balaban J connectivity index is 2.56. The smallest absolute Gasteiger partial charge is 0.261 e. The number of hydrogen-bond acceptors (Lipinski definition) is 3. The molecule has 1 aromatic rings. The van der Waals surface area contributed by atoms with Gasteiger partial charge in [-0.2, -0.15) is 0 Å². The lowest BCUT2D eigenvalue weighted by atomic mass is 10.0. The van der Waals surface area contributed by atoms with Gasteiger partial charge in [0, 0.05) is 12.6 Å². The highest BCUT2D eigenvalue weighted by atomic mass is 79.9. The van der Waals surface area contributed by atoms with Crippen molar-refractivity contribution < 1.29 is 9.53 Å². The van der Waals surface area contributed by atoms with Crippen molar-refractivity contribution in [2.75, 3.05) is 6.54 Å². The molecule has 2 atom stereocenters. The molecule has 0 saturated heterocycles. The SMILES string of the molecule is CC(C)CC(CN)NC(=O)C(C)Oc1ccccc1Br. The normalized spacial score (nSPS) is 13.9. The van der Waals surface area contributed by atoms with E-state index in [2.05, 4.69) is 35.1 Å². The van der Waals surface area contributed by atoms with E-state index in [0.29, 0.717) is 18.2 Å². The van der Waals surface area contributed by atoms with Gasteiger partial charge in [0.15, 0.2) is 6.10 Å². The first-order valence-electron chi connectivity index (χ1n) is 6.85. The lowest BCUT2D eigenvalue weighted by molar-refractivity contribution is -0.128. The van der Waals surface area contributed by atoms with Crippen molar-refractivity contribution >= 4 is 21.8 Å². The average molecular weight is 343 g/mol. The fourth-order valence-electron chi connectivity index (χ4n) is 1.89. The van der Waals surface area contributed by atoms with Gasteiger partial charge in [-0.3, -0.25) is 4.79 Å². The van der Waals surface area contributed by atoms with Gasteiger partial charge in [-0.25, -0.2) is 0 Å². The molecule has 5 heteroatoms. The zero-order chi connectivity index (χ0) is 15.1. The summed E-state index contributed by atoms with van der Waals surface area (Å²) in [5.74, 6) is 1.00. The molecule has 4 nitrogen and oxygen atoms in total. The molecule has 0 saturated carbocycles. The first-order chi connectivity index (χ1) is 9.43. The van der Waals surface area contributed by atoms with E-state index in [-0.39, 0.29) is 11.9 Å². The zero-order valence-electron chi connectivity index (χ0n) is 12.2. The van der Waals surface area contributed by atoms with E-state index in [0.717, 1.165) is 10.9 Å². The largest absolute Gasteiger partial charge is 0.480 e. The molecule has 1 amide bonds. The highest BCUT2D eigenvalue weighted by molar-refractivity contribution is 9.10. The maximum atomic E-state index is 12.1. The highest BCUT2D eigenvalue weighted by Crippen LogP contribution is 2.24. The predicted octanol–water partition coefficient (Wildman–Crippen LogP) is 2.71. The van der Waals surface area contributed by atoms with Crippen molar-refractivity contribution in [1.29, 1.82) is 0 Å². The van der Waals surface area contributed by atoms with Crippen molar-refractivity contribution in [3.8, 4) is 5.75 Å². The van der Waals surface area contributed by atoms with Crippen LogP contribution < -0.4 is 15.8 Å². The quantitative estimate of drug-likeness (QED) is 0.800. The topological polar surface area (TPSA) is 64.3 Å². The number of nitrogens with one attached hydrogen (secondary N) is 1. The second-order valence-electron chi connectivity index (χ2n) is 5.26. The summed E-state index contributed by atoms with van der Waals surface area (Å²) in [6.07, 6.45) is 0.305. The number of hydrogen-bond donors (Lipinski definition) is 2. The van der Waals surface area contributed by atoms with E-state index in [1.807, 2.05) is 24.3 Å². The molecule has 0 aliphatic carbocycles. The van der Waals surface area contributed by atoms with Crippen molar-refractivity contribution in [3.63, 3.8) is 0 Å². The Kier molecular flexibility index (Phi) is 7.02. The zero-order valence-corrected chi connectivity index (χ0v) is 13.8. The van der Waals surface area contributed by atoms with E-state index in [9.17, 15) is 4.79 Å².